The number of nitrogens with zero attached hydrogens (tertiary/aromatic N) is 3. The Labute approximate surface area is 145 Å². The van der Waals surface area contributed by atoms with Gasteiger partial charge in [-0.3, -0.25) is 9.20 Å². The van der Waals surface area contributed by atoms with Gasteiger partial charge in [0.2, 0.25) is 0 Å². The molecule has 0 saturated heterocycles. The number of nitrogens with one attached hydrogen (secondary N) is 1. The largest absolute Gasteiger partial charge is 0.300 e. The zero-order valence-electron chi connectivity index (χ0n) is 14.7. The van der Waals surface area contributed by atoms with Gasteiger partial charge in [0.15, 0.2) is 0 Å². The molecule has 0 aliphatic rings. The fraction of sp³-hybridized carbons (Fsp3) is 0.389. The molecule has 0 saturated carbocycles. The molecule has 5 nitrogen and oxygen atoms in total. The molecule has 0 spiro atoms. The van der Waals surface area contributed by atoms with Gasteiger partial charge in [-0.1, -0.05) is 6.07 Å². The molecule has 3 rings (SSSR count). The van der Waals surface area contributed by atoms with Crippen molar-refractivity contribution in [3.05, 3.63) is 61.6 Å². The zero-order chi connectivity index (χ0) is 17.5. The van der Waals surface area contributed by atoms with Crippen molar-refractivity contribution in [3.63, 3.8) is 0 Å². The summed E-state index contributed by atoms with van der Waals surface area (Å²) in [6, 6.07) is 5.41. The first-order valence-corrected chi connectivity index (χ1v) is 8.77. The monoisotopic (exact) mass is 342 g/mol. The molecular weight excluding hydrogens is 320 g/mol. The standard InChI is InChI=1S/C18H22N4OS/c1-11-7-6-8-22-15(23)9-14(21-16(11)22)10-19-18(4,5)17-20-12(2)13(3)24-17/h6-9,19H,10H2,1-5H3. The van der Waals surface area contributed by atoms with Gasteiger partial charge >= 0.3 is 0 Å². The van der Waals surface area contributed by atoms with Gasteiger partial charge in [-0.05, 0) is 46.2 Å². The highest BCUT2D eigenvalue weighted by molar-refractivity contribution is 7.11. The molecule has 3 heterocycles. The number of hydrogen-bond donors (Lipinski definition) is 1. The van der Waals surface area contributed by atoms with E-state index in [0.717, 1.165) is 22.0 Å². The Morgan fingerprint density at radius 2 is 2.00 bits per heavy atom. The topological polar surface area (TPSA) is 59.3 Å². The SMILES string of the molecule is Cc1nc(C(C)(C)NCc2cc(=O)n3cccc(C)c3n2)sc1C. The lowest BCUT2D eigenvalue weighted by molar-refractivity contribution is 0.396. The average Bonchev–Trinajstić information content (AvgIpc) is 2.87. The molecule has 0 aliphatic carbocycles. The number of fused-ring (bicyclic) bond motifs is 1. The molecule has 3 aromatic rings. The van der Waals surface area contributed by atoms with E-state index in [1.54, 1.807) is 28.0 Å². The Balaban J connectivity index is 1.87. The minimum Gasteiger partial charge on any atom is -0.300 e. The second kappa shape index (κ2) is 6.11. The van der Waals surface area contributed by atoms with Crippen LogP contribution in [0.3, 0.4) is 0 Å². The van der Waals surface area contributed by atoms with E-state index in [-0.39, 0.29) is 11.1 Å². The molecule has 0 unspecified atom stereocenters. The third-order valence-corrected chi connectivity index (χ3v) is 5.61. The van der Waals surface area contributed by atoms with Crippen LogP contribution in [0.4, 0.5) is 0 Å². The third-order valence-electron chi connectivity index (χ3n) is 4.21. The van der Waals surface area contributed by atoms with Gasteiger partial charge in [-0.15, -0.1) is 11.3 Å². The summed E-state index contributed by atoms with van der Waals surface area (Å²) < 4.78 is 1.58. The fourth-order valence-corrected chi connectivity index (χ4v) is 3.52. The summed E-state index contributed by atoms with van der Waals surface area (Å²) in [6.45, 7) is 10.8. The van der Waals surface area contributed by atoms with Gasteiger partial charge in [0.25, 0.3) is 5.56 Å². The lowest BCUT2D eigenvalue weighted by Gasteiger charge is -2.23. The number of pyridine rings is 1. The van der Waals surface area contributed by atoms with Gasteiger partial charge in [0.05, 0.1) is 16.9 Å². The summed E-state index contributed by atoms with van der Waals surface area (Å²) in [5, 5.41) is 4.53. The van der Waals surface area contributed by atoms with Crippen molar-refractivity contribution in [2.45, 2.75) is 46.7 Å². The van der Waals surface area contributed by atoms with Crippen LogP contribution in [0.1, 0.15) is 40.7 Å². The lowest BCUT2D eigenvalue weighted by Crippen LogP contribution is -2.36. The molecule has 0 radical (unpaired) electrons. The van der Waals surface area contributed by atoms with E-state index >= 15 is 0 Å². The first-order valence-electron chi connectivity index (χ1n) is 7.95. The van der Waals surface area contributed by atoms with Crippen LogP contribution in [0.15, 0.2) is 29.2 Å². The maximum atomic E-state index is 12.3. The molecular formula is C18H22N4OS. The van der Waals surface area contributed by atoms with Crippen molar-refractivity contribution in [1.82, 2.24) is 19.7 Å². The number of aryl methyl sites for hydroxylation is 3. The molecule has 6 heteroatoms. The van der Waals surface area contributed by atoms with E-state index in [1.807, 2.05) is 26.0 Å². The summed E-state index contributed by atoms with van der Waals surface area (Å²) in [7, 11) is 0. The smallest absolute Gasteiger partial charge is 0.258 e. The van der Waals surface area contributed by atoms with Crippen LogP contribution in [-0.2, 0) is 12.1 Å². The maximum absolute atomic E-state index is 12.3. The molecule has 1 N–H and O–H groups in total. The second-order valence-corrected chi connectivity index (χ2v) is 7.81. The van der Waals surface area contributed by atoms with E-state index in [1.165, 1.54) is 4.88 Å². The van der Waals surface area contributed by atoms with E-state index in [0.29, 0.717) is 12.2 Å². The minimum absolute atomic E-state index is 0.0563. The normalized spacial score (nSPS) is 12.0. The Kier molecular flexibility index (Phi) is 4.27. The highest BCUT2D eigenvalue weighted by Gasteiger charge is 2.24. The number of thiazole rings is 1. The van der Waals surface area contributed by atoms with Crippen molar-refractivity contribution in [1.29, 1.82) is 0 Å². The highest BCUT2D eigenvalue weighted by atomic mass is 32.1. The van der Waals surface area contributed by atoms with Crippen LogP contribution in [0.25, 0.3) is 5.65 Å². The van der Waals surface area contributed by atoms with Crippen LogP contribution in [0.2, 0.25) is 0 Å². The molecule has 0 amide bonds. The Morgan fingerprint density at radius 1 is 1.25 bits per heavy atom. The molecule has 0 aromatic carbocycles. The highest BCUT2D eigenvalue weighted by Crippen LogP contribution is 2.27. The van der Waals surface area contributed by atoms with Crippen molar-refractivity contribution in [2.24, 2.45) is 0 Å². The molecule has 0 aliphatic heterocycles. The van der Waals surface area contributed by atoms with Gasteiger partial charge in [0, 0.05) is 23.7 Å². The number of aromatic nitrogens is 3. The molecule has 24 heavy (non-hydrogen) atoms. The van der Waals surface area contributed by atoms with Crippen molar-refractivity contribution < 1.29 is 0 Å². The summed E-state index contributed by atoms with van der Waals surface area (Å²) in [4.78, 5) is 22.8. The Hall–Kier alpha value is -2.05. The predicted molar refractivity (Wildman–Crippen MR) is 97.7 cm³/mol. The summed E-state index contributed by atoms with van der Waals surface area (Å²) >= 11 is 1.70. The van der Waals surface area contributed by atoms with Gasteiger partial charge in [-0.25, -0.2) is 9.97 Å². The van der Waals surface area contributed by atoms with Crippen molar-refractivity contribution in [3.8, 4) is 0 Å². The molecule has 3 aromatic heterocycles. The van der Waals surface area contributed by atoms with Crippen LogP contribution in [0, 0.1) is 20.8 Å². The van der Waals surface area contributed by atoms with Gasteiger partial charge in [-0.2, -0.15) is 0 Å². The van der Waals surface area contributed by atoms with Crippen molar-refractivity contribution in [2.75, 3.05) is 0 Å². The van der Waals surface area contributed by atoms with Crippen LogP contribution < -0.4 is 10.9 Å². The predicted octanol–water partition coefficient (Wildman–Crippen LogP) is 3.10. The first-order chi connectivity index (χ1) is 11.3. The van der Waals surface area contributed by atoms with E-state index in [9.17, 15) is 4.79 Å². The van der Waals surface area contributed by atoms with Gasteiger partial charge < -0.3 is 5.32 Å². The minimum atomic E-state index is -0.276. The van der Waals surface area contributed by atoms with E-state index in [4.69, 9.17) is 0 Å². The van der Waals surface area contributed by atoms with Crippen LogP contribution in [-0.4, -0.2) is 14.4 Å². The van der Waals surface area contributed by atoms with Crippen LogP contribution in [0.5, 0.6) is 0 Å². The third kappa shape index (κ3) is 3.12. The lowest BCUT2D eigenvalue weighted by atomic mass is 10.1. The molecule has 0 fully saturated rings. The summed E-state index contributed by atoms with van der Waals surface area (Å²) in [6.07, 6.45) is 1.75. The fourth-order valence-electron chi connectivity index (χ4n) is 2.53. The van der Waals surface area contributed by atoms with Gasteiger partial charge in [0.1, 0.15) is 10.7 Å². The summed E-state index contributed by atoms with van der Waals surface area (Å²) in [5.41, 5.74) is 3.18. The molecule has 0 atom stereocenters. The zero-order valence-corrected chi connectivity index (χ0v) is 15.5. The summed E-state index contributed by atoms with van der Waals surface area (Å²) in [5.74, 6) is 0. The van der Waals surface area contributed by atoms with E-state index in [2.05, 4.69) is 36.1 Å². The second-order valence-electron chi connectivity index (χ2n) is 6.61. The molecule has 0 bridgehead atoms. The Morgan fingerprint density at radius 3 is 2.67 bits per heavy atom. The first kappa shape index (κ1) is 16.8. The number of hydrogen-bond acceptors (Lipinski definition) is 5. The van der Waals surface area contributed by atoms with Crippen molar-refractivity contribution >= 4 is 17.0 Å². The van der Waals surface area contributed by atoms with E-state index < -0.39 is 0 Å². The van der Waals surface area contributed by atoms with Crippen LogP contribution >= 0.6 is 11.3 Å². The average molecular weight is 342 g/mol. The quantitative estimate of drug-likeness (QED) is 0.791. The number of rotatable bonds is 4. The maximum Gasteiger partial charge on any atom is 0.258 e. The molecule has 126 valence electrons. The Bertz CT molecular complexity index is 936.